The third kappa shape index (κ3) is 5.01. The lowest BCUT2D eigenvalue weighted by molar-refractivity contribution is -0.143. The monoisotopic (exact) mass is 461 g/mol. The van der Waals surface area contributed by atoms with Crippen molar-refractivity contribution in [3.8, 4) is 16.9 Å². The smallest absolute Gasteiger partial charge is 0.303 e. The number of hydrogen-bond donors (Lipinski definition) is 2. The fraction of sp³-hybridized carbons (Fsp3) is 0.308. The number of ether oxygens (including phenoxy) is 1. The van der Waals surface area contributed by atoms with Gasteiger partial charge in [-0.25, -0.2) is 0 Å². The number of carboxylic acids is 1. The fourth-order valence-corrected chi connectivity index (χ4v) is 4.56. The van der Waals surface area contributed by atoms with E-state index in [1.807, 2.05) is 24.3 Å². The Morgan fingerprint density at radius 3 is 2.74 bits per heavy atom. The van der Waals surface area contributed by atoms with Crippen LogP contribution < -0.4 is 10.5 Å². The van der Waals surface area contributed by atoms with Crippen molar-refractivity contribution in [1.29, 1.82) is 0 Å². The van der Waals surface area contributed by atoms with Gasteiger partial charge in [0.1, 0.15) is 5.75 Å². The Morgan fingerprint density at radius 2 is 1.97 bits per heavy atom. The average molecular weight is 462 g/mol. The van der Waals surface area contributed by atoms with E-state index in [2.05, 4.69) is 4.98 Å². The van der Waals surface area contributed by atoms with Crippen molar-refractivity contribution in [2.45, 2.75) is 32.3 Å². The zero-order chi connectivity index (χ0) is 24.2. The summed E-state index contributed by atoms with van der Waals surface area (Å²) in [5.41, 5.74) is 8.20. The molecule has 8 nitrogen and oxygen atoms in total. The van der Waals surface area contributed by atoms with Gasteiger partial charge in [-0.1, -0.05) is 18.2 Å². The molecule has 0 saturated carbocycles. The largest absolute Gasteiger partial charge is 0.481 e. The molecule has 34 heavy (non-hydrogen) atoms. The van der Waals surface area contributed by atoms with Gasteiger partial charge in [0.2, 0.25) is 5.91 Å². The second kappa shape index (κ2) is 9.91. The topological polar surface area (TPSA) is 123 Å². The molecule has 8 heteroatoms. The third-order valence-electron chi connectivity index (χ3n) is 6.15. The predicted octanol–water partition coefficient (Wildman–Crippen LogP) is 3.48. The van der Waals surface area contributed by atoms with Gasteiger partial charge in [0, 0.05) is 42.7 Å². The number of nitrogens with zero attached hydrogens (tertiary/aromatic N) is 2. The van der Waals surface area contributed by atoms with Crippen LogP contribution >= 0.6 is 0 Å². The van der Waals surface area contributed by atoms with E-state index in [1.165, 1.54) is 0 Å². The molecule has 0 bridgehead atoms. The summed E-state index contributed by atoms with van der Waals surface area (Å²) in [6, 6.07) is 14.4. The molecule has 1 aromatic heterocycles. The van der Waals surface area contributed by atoms with Crippen LogP contribution in [0.15, 0.2) is 54.7 Å². The van der Waals surface area contributed by atoms with Gasteiger partial charge in [-0.3, -0.25) is 19.4 Å². The van der Waals surface area contributed by atoms with Crippen LogP contribution in [0, 0.1) is 5.92 Å². The molecule has 4 rings (SSSR count). The van der Waals surface area contributed by atoms with Crippen LogP contribution in [0.2, 0.25) is 0 Å². The molecule has 1 fully saturated rings. The molecule has 3 N–H and O–H groups in total. The predicted molar refractivity (Wildman–Crippen MR) is 127 cm³/mol. The SMILES string of the molecule is CC(Oc1ccc2c(-c3ccccc3C(N)=O)ccnc2c1)C(=O)N1CCC[C@H](CC(=O)O)C1. The Bertz CT molecular complexity index is 1240. The standard InChI is InChI=1S/C26H27N3O5/c1-16(26(33)29-12-4-5-17(15-29)13-24(30)31)34-18-8-9-21-20(10-11-28-23(21)14-18)19-6-2-3-7-22(19)25(27)32/h2-3,6-11,14,16-17H,4-5,12-13,15H2,1H3,(H2,27,32)(H,30,31)/t16?,17-/m1/s1. The van der Waals surface area contributed by atoms with E-state index < -0.39 is 18.0 Å². The number of fused-ring (bicyclic) bond motifs is 1. The van der Waals surface area contributed by atoms with Crippen molar-refractivity contribution in [3.63, 3.8) is 0 Å². The summed E-state index contributed by atoms with van der Waals surface area (Å²) in [5, 5.41) is 9.89. The van der Waals surface area contributed by atoms with Crippen molar-refractivity contribution < 1.29 is 24.2 Å². The number of nitrogens with two attached hydrogens (primary N) is 1. The average Bonchev–Trinajstić information content (AvgIpc) is 2.82. The number of hydrogen-bond acceptors (Lipinski definition) is 5. The van der Waals surface area contributed by atoms with Gasteiger partial charge in [-0.2, -0.15) is 0 Å². The van der Waals surface area contributed by atoms with Crippen LogP contribution in [-0.4, -0.2) is 52.0 Å². The Balaban J connectivity index is 1.53. The molecule has 2 heterocycles. The highest BCUT2D eigenvalue weighted by Gasteiger charge is 2.29. The van der Waals surface area contributed by atoms with Gasteiger partial charge in [-0.15, -0.1) is 0 Å². The first-order valence-corrected chi connectivity index (χ1v) is 11.3. The number of rotatable bonds is 7. The maximum atomic E-state index is 12.9. The first-order chi connectivity index (χ1) is 16.3. The van der Waals surface area contributed by atoms with Gasteiger partial charge >= 0.3 is 5.97 Å². The van der Waals surface area contributed by atoms with Crippen LogP contribution in [0.25, 0.3) is 22.0 Å². The van der Waals surface area contributed by atoms with Gasteiger partial charge in [0.15, 0.2) is 6.10 Å². The first kappa shape index (κ1) is 23.2. The minimum atomic E-state index is -0.843. The first-order valence-electron chi connectivity index (χ1n) is 11.3. The minimum absolute atomic E-state index is 0.0334. The number of piperidine rings is 1. The summed E-state index contributed by atoms with van der Waals surface area (Å²) in [4.78, 5) is 42.0. The number of likely N-dealkylation sites (tertiary alicyclic amines) is 1. The Labute approximate surface area is 197 Å². The molecule has 0 spiro atoms. The van der Waals surface area contributed by atoms with Crippen molar-refractivity contribution in [3.05, 3.63) is 60.3 Å². The molecule has 0 radical (unpaired) electrons. The quantitative estimate of drug-likeness (QED) is 0.555. The number of carbonyl (C=O) groups is 3. The van der Waals surface area contributed by atoms with Crippen molar-refractivity contribution in [1.82, 2.24) is 9.88 Å². The number of carboxylic acid groups (broad SMARTS) is 1. The highest BCUT2D eigenvalue weighted by Crippen LogP contribution is 2.32. The lowest BCUT2D eigenvalue weighted by atomic mass is 9.94. The third-order valence-corrected chi connectivity index (χ3v) is 6.15. The molecular weight excluding hydrogens is 434 g/mol. The van der Waals surface area contributed by atoms with E-state index in [4.69, 9.17) is 15.6 Å². The highest BCUT2D eigenvalue weighted by atomic mass is 16.5. The molecule has 1 aliphatic heterocycles. The van der Waals surface area contributed by atoms with E-state index >= 15 is 0 Å². The molecule has 176 valence electrons. The maximum Gasteiger partial charge on any atom is 0.303 e. The molecule has 2 aromatic carbocycles. The number of carbonyl (C=O) groups excluding carboxylic acids is 2. The molecule has 1 unspecified atom stereocenters. The van der Waals surface area contributed by atoms with Gasteiger partial charge < -0.3 is 20.5 Å². The number of primary amides is 1. The fourth-order valence-electron chi connectivity index (χ4n) is 4.56. The number of aliphatic carboxylic acids is 1. The second-order valence-corrected chi connectivity index (χ2v) is 8.60. The van der Waals surface area contributed by atoms with Gasteiger partial charge in [-0.05, 0) is 61.1 Å². The van der Waals surface area contributed by atoms with Crippen molar-refractivity contribution in [2.24, 2.45) is 11.7 Å². The van der Waals surface area contributed by atoms with E-state index in [0.717, 1.165) is 29.4 Å². The Hall–Kier alpha value is -3.94. The summed E-state index contributed by atoms with van der Waals surface area (Å²) >= 11 is 0. The zero-order valence-electron chi connectivity index (χ0n) is 18.9. The Kier molecular flexibility index (Phi) is 6.77. The van der Waals surface area contributed by atoms with Gasteiger partial charge in [0.05, 0.1) is 5.52 Å². The van der Waals surface area contributed by atoms with Crippen molar-refractivity contribution >= 4 is 28.7 Å². The summed E-state index contributed by atoms with van der Waals surface area (Å²) in [5.74, 6) is -1.04. The molecule has 1 saturated heterocycles. The van der Waals surface area contributed by atoms with Crippen LogP contribution in [0.4, 0.5) is 0 Å². The summed E-state index contributed by atoms with van der Waals surface area (Å²) in [6.45, 7) is 2.73. The number of aromatic nitrogens is 1. The van der Waals surface area contributed by atoms with E-state index in [9.17, 15) is 14.4 Å². The Morgan fingerprint density at radius 1 is 1.18 bits per heavy atom. The van der Waals surface area contributed by atoms with Gasteiger partial charge in [0.25, 0.3) is 5.91 Å². The van der Waals surface area contributed by atoms with Crippen LogP contribution in [0.3, 0.4) is 0 Å². The van der Waals surface area contributed by atoms with E-state index in [0.29, 0.717) is 29.9 Å². The lowest BCUT2D eigenvalue weighted by Gasteiger charge is -2.33. The lowest BCUT2D eigenvalue weighted by Crippen LogP contribution is -2.46. The molecule has 1 aliphatic rings. The minimum Gasteiger partial charge on any atom is -0.481 e. The highest BCUT2D eigenvalue weighted by molar-refractivity contribution is 6.04. The summed E-state index contributed by atoms with van der Waals surface area (Å²) < 4.78 is 5.94. The number of pyridine rings is 1. The van der Waals surface area contributed by atoms with Crippen LogP contribution in [0.1, 0.15) is 36.5 Å². The molecule has 3 aromatic rings. The number of benzene rings is 2. The number of amides is 2. The van der Waals surface area contributed by atoms with E-state index in [-0.39, 0.29) is 18.2 Å². The zero-order valence-corrected chi connectivity index (χ0v) is 18.9. The second-order valence-electron chi connectivity index (χ2n) is 8.60. The molecule has 0 aliphatic carbocycles. The molecular formula is C26H27N3O5. The normalized spacial score (nSPS) is 16.7. The van der Waals surface area contributed by atoms with Crippen LogP contribution in [0.5, 0.6) is 5.75 Å². The maximum absolute atomic E-state index is 12.9. The summed E-state index contributed by atoms with van der Waals surface area (Å²) in [6.07, 6.45) is 2.59. The molecule has 2 atom stereocenters. The van der Waals surface area contributed by atoms with E-state index in [1.54, 1.807) is 42.3 Å². The molecule has 2 amide bonds. The van der Waals surface area contributed by atoms with Crippen LogP contribution in [-0.2, 0) is 9.59 Å². The van der Waals surface area contributed by atoms with Crippen molar-refractivity contribution in [2.75, 3.05) is 13.1 Å². The summed E-state index contributed by atoms with van der Waals surface area (Å²) in [7, 11) is 0.